The van der Waals surface area contributed by atoms with Crippen molar-refractivity contribution in [3.63, 3.8) is 0 Å². The molecule has 2 aliphatic rings. The number of ether oxygens (including phenoxy) is 1. The Kier molecular flexibility index (Phi) is 10.5. The van der Waals surface area contributed by atoms with Crippen LogP contribution in [0.2, 0.25) is 0 Å². The molecule has 4 heterocycles. The average Bonchev–Trinajstić information content (AvgIpc) is 3.51. The third kappa shape index (κ3) is 5.99. The summed E-state index contributed by atoms with van der Waals surface area (Å²) in [6, 6.07) is 6.60. The van der Waals surface area contributed by atoms with Gasteiger partial charge in [0.1, 0.15) is 17.6 Å². The normalized spacial score (nSPS) is 15.6. The highest BCUT2D eigenvalue weighted by Gasteiger charge is 2.27. The molecule has 12 heteroatoms. The minimum atomic E-state index is 0. The van der Waals surface area contributed by atoms with Crippen molar-refractivity contribution in [3.05, 3.63) is 41.3 Å². The summed E-state index contributed by atoms with van der Waals surface area (Å²) in [5, 5.41) is 13.1. The van der Waals surface area contributed by atoms with Crippen LogP contribution in [0.4, 0.5) is 5.82 Å². The Morgan fingerprint density at radius 2 is 1.92 bits per heavy atom. The quantitative estimate of drug-likeness (QED) is 0.270. The van der Waals surface area contributed by atoms with Gasteiger partial charge in [-0.1, -0.05) is 6.07 Å². The molecule has 1 saturated heterocycles. The van der Waals surface area contributed by atoms with E-state index in [9.17, 15) is 0 Å². The number of halogens is 3. The Hall–Kier alpha value is -1.85. The molecule has 0 radical (unpaired) electrons. The first-order chi connectivity index (χ1) is 17.1. The number of hydrogen-bond donors (Lipinski definition) is 3. The molecule has 6 rings (SSSR count). The number of nitrogens with zero attached hydrogens (tertiary/aromatic N) is 4. The highest BCUT2D eigenvalue weighted by molar-refractivity contribution is 7.22. The van der Waals surface area contributed by atoms with E-state index in [1.807, 2.05) is 4.52 Å². The lowest BCUT2D eigenvalue weighted by molar-refractivity contribution is 0.228. The van der Waals surface area contributed by atoms with Crippen molar-refractivity contribution >= 4 is 70.0 Å². The molecule has 1 saturated carbocycles. The van der Waals surface area contributed by atoms with Gasteiger partial charge in [0.25, 0.3) is 0 Å². The summed E-state index contributed by atoms with van der Waals surface area (Å²) in [4.78, 5) is 8.08. The maximum atomic E-state index is 6.54. The standard InChI is InChI=1S/C26H33N7OS.3ClH/c1-16-9-18-11-22(35-25(18)21(10-16)34-2)23-19(13-29-12-17-3-4-17)20(14-32-7-5-28-6-8-32)33-24(23)26(27)30-15-31-33;;;/h9-11,15,17,28-29H,3-8,12-14H2,1-2H3,(H2,27,30,31);3*1H. The lowest BCUT2D eigenvalue weighted by Crippen LogP contribution is -2.43. The molecular formula is C26H36Cl3N7OS. The molecular weight excluding hydrogens is 565 g/mol. The van der Waals surface area contributed by atoms with Crippen molar-refractivity contribution in [2.45, 2.75) is 32.9 Å². The first kappa shape index (κ1) is 30.7. The monoisotopic (exact) mass is 599 g/mol. The van der Waals surface area contributed by atoms with Crippen molar-refractivity contribution < 1.29 is 4.74 Å². The second-order valence-electron chi connectivity index (χ2n) is 9.80. The molecule has 0 unspecified atom stereocenters. The largest absolute Gasteiger partial charge is 0.495 e. The number of aryl methyl sites for hydroxylation is 1. The summed E-state index contributed by atoms with van der Waals surface area (Å²) < 4.78 is 8.93. The fraction of sp³-hybridized carbons (Fsp3) is 0.462. The zero-order valence-corrected chi connectivity index (χ0v) is 24.9. The van der Waals surface area contributed by atoms with Crippen molar-refractivity contribution in [2.75, 3.05) is 45.6 Å². The maximum Gasteiger partial charge on any atom is 0.152 e. The number of aromatic nitrogens is 3. The molecule has 2 fully saturated rings. The lowest BCUT2D eigenvalue weighted by atomic mass is 10.1. The number of anilines is 1. The number of piperazine rings is 1. The lowest BCUT2D eigenvalue weighted by Gasteiger charge is -2.27. The Morgan fingerprint density at radius 1 is 1.16 bits per heavy atom. The molecule has 1 aliphatic heterocycles. The predicted molar refractivity (Wildman–Crippen MR) is 164 cm³/mol. The highest BCUT2D eigenvalue weighted by atomic mass is 35.5. The topological polar surface area (TPSA) is 92.7 Å². The molecule has 1 aliphatic carbocycles. The summed E-state index contributed by atoms with van der Waals surface area (Å²) in [6.45, 7) is 8.87. The second kappa shape index (κ2) is 13.0. The molecule has 208 valence electrons. The van der Waals surface area contributed by atoms with Crippen molar-refractivity contribution in [1.82, 2.24) is 30.1 Å². The number of nitrogens with two attached hydrogens (primary N) is 1. The summed E-state index contributed by atoms with van der Waals surface area (Å²) >= 11 is 1.76. The van der Waals surface area contributed by atoms with E-state index in [0.29, 0.717) is 5.82 Å². The Labute approximate surface area is 245 Å². The number of hydrogen-bond acceptors (Lipinski definition) is 8. The van der Waals surface area contributed by atoms with Crippen LogP contribution in [0.5, 0.6) is 5.75 Å². The summed E-state index contributed by atoms with van der Waals surface area (Å²) in [7, 11) is 1.74. The van der Waals surface area contributed by atoms with Gasteiger partial charge in [-0.25, -0.2) is 9.50 Å². The predicted octanol–water partition coefficient (Wildman–Crippen LogP) is 4.68. The van der Waals surface area contributed by atoms with Gasteiger partial charge < -0.3 is 21.1 Å². The van der Waals surface area contributed by atoms with E-state index in [1.54, 1.807) is 24.8 Å². The number of rotatable bonds is 8. The third-order valence-electron chi connectivity index (χ3n) is 7.17. The van der Waals surface area contributed by atoms with Crippen molar-refractivity contribution in [2.24, 2.45) is 5.92 Å². The Balaban J connectivity index is 0.00000133. The molecule has 0 bridgehead atoms. The fourth-order valence-electron chi connectivity index (χ4n) is 5.18. The van der Waals surface area contributed by atoms with Gasteiger partial charge in [0.15, 0.2) is 5.82 Å². The van der Waals surface area contributed by atoms with Crippen LogP contribution in [-0.4, -0.2) is 59.3 Å². The summed E-state index contributed by atoms with van der Waals surface area (Å²) in [6.07, 6.45) is 4.24. The van der Waals surface area contributed by atoms with Crippen molar-refractivity contribution in [3.8, 4) is 16.2 Å². The van der Waals surface area contributed by atoms with Gasteiger partial charge in [0.05, 0.1) is 17.5 Å². The van der Waals surface area contributed by atoms with Gasteiger partial charge in [-0.3, -0.25) is 4.90 Å². The van der Waals surface area contributed by atoms with Crippen LogP contribution in [0.3, 0.4) is 0 Å². The van der Waals surface area contributed by atoms with Crippen molar-refractivity contribution in [1.29, 1.82) is 0 Å². The second-order valence-corrected chi connectivity index (χ2v) is 10.9. The fourth-order valence-corrected chi connectivity index (χ4v) is 6.39. The van der Waals surface area contributed by atoms with Gasteiger partial charge in [0.2, 0.25) is 0 Å². The molecule has 1 aromatic carbocycles. The van der Waals surface area contributed by atoms with Crippen LogP contribution in [-0.2, 0) is 13.1 Å². The zero-order chi connectivity index (χ0) is 23.9. The number of nitrogen functional groups attached to an aromatic ring is 1. The van der Waals surface area contributed by atoms with Crippen LogP contribution in [0, 0.1) is 12.8 Å². The van der Waals surface area contributed by atoms with E-state index in [2.05, 4.69) is 45.6 Å². The zero-order valence-electron chi connectivity index (χ0n) is 21.7. The summed E-state index contributed by atoms with van der Waals surface area (Å²) in [5.41, 5.74) is 12.3. The molecule has 0 spiro atoms. The van der Waals surface area contributed by atoms with Gasteiger partial charge in [-0.15, -0.1) is 48.6 Å². The minimum absolute atomic E-state index is 0. The average molecular weight is 601 g/mol. The van der Waals surface area contributed by atoms with E-state index < -0.39 is 0 Å². The SMILES string of the molecule is COc1cc(C)cc2cc(-c3c(CNCC4CC4)c(CN4CCNCC4)n4ncnc(N)c34)sc12.Cl.Cl.Cl. The van der Waals surface area contributed by atoms with Gasteiger partial charge in [-0.2, -0.15) is 5.10 Å². The van der Waals surface area contributed by atoms with Crippen LogP contribution < -0.4 is 21.1 Å². The molecule has 38 heavy (non-hydrogen) atoms. The Bertz CT molecular complexity index is 1380. The van der Waals surface area contributed by atoms with Crippen LogP contribution in [0.15, 0.2) is 24.5 Å². The molecule has 3 aromatic heterocycles. The smallest absolute Gasteiger partial charge is 0.152 e. The number of thiophene rings is 1. The molecule has 4 aromatic rings. The molecule has 4 N–H and O–H groups in total. The number of nitrogens with one attached hydrogen (secondary N) is 2. The van der Waals surface area contributed by atoms with Gasteiger partial charge >= 0.3 is 0 Å². The molecule has 0 amide bonds. The van der Waals surface area contributed by atoms with Gasteiger partial charge in [-0.05, 0) is 60.9 Å². The van der Waals surface area contributed by atoms with E-state index in [4.69, 9.17) is 15.6 Å². The van der Waals surface area contributed by atoms with E-state index in [1.165, 1.54) is 39.9 Å². The number of fused-ring (bicyclic) bond motifs is 2. The molecule has 0 atom stereocenters. The highest BCUT2D eigenvalue weighted by Crippen LogP contribution is 2.44. The van der Waals surface area contributed by atoms with Crippen LogP contribution in [0.1, 0.15) is 29.7 Å². The number of methoxy groups -OCH3 is 1. The summed E-state index contributed by atoms with van der Waals surface area (Å²) in [5.74, 6) is 2.25. The Morgan fingerprint density at radius 3 is 2.63 bits per heavy atom. The van der Waals surface area contributed by atoms with E-state index in [-0.39, 0.29) is 37.2 Å². The van der Waals surface area contributed by atoms with Crippen LogP contribution in [0.25, 0.3) is 26.0 Å². The van der Waals surface area contributed by atoms with E-state index >= 15 is 0 Å². The van der Waals surface area contributed by atoms with E-state index in [0.717, 1.165) is 73.3 Å². The first-order valence-electron chi connectivity index (χ1n) is 12.5. The maximum absolute atomic E-state index is 6.54. The number of benzene rings is 1. The third-order valence-corrected chi connectivity index (χ3v) is 8.35. The first-order valence-corrected chi connectivity index (χ1v) is 13.3. The van der Waals surface area contributed by atoms with Crippen LogP contribution >= 0.6 is 48.6 Å². The van der Waals surface area contributed by atoms with Gasteiger partial charge in [0, 0.05) is 49.7 Å². The minimum Gasteiger partial charge on any atom is -0.495 e. The molecule has 8 nitrogen and oxygen atoms in total.